The largest absolute Gasteiger partial charge is 0.465 e. The molecule has 0 bridgehead atoms. The van der Waals surface area contributed by atoms with Crippen molar-refractivity contribution in [2.45, 2.75) is 77.2 Å². The summed E-state index contributed by atoms with van der Waals surface area (Å²) in [7, 11) is -3.73. The van der Waals surface area contributed by atoms with Gasteiger partial charge in [-0.25, -0.2) is 9.18 Å². The van der Waals surface area contributed by atoms with Crippen molar-refractivity contribution in [2.75, 3.05) is 7.11 Å². The van der Waals surface area contributed by atoms with Gasteiger partial charge >= 0.3 is 19.2 Å². The van der Waals surface area contributed by atoms with Crippen LogP contribution in [0.2, 0.25) is 0 Å². The molecule has 0 saturated heterocycles. The molecule has 0 aliphatic carbocycles. The highest BCUT2D eigenvalue weighted by Gasteiger charge is 2.58. The van der Waals surface area contributed by atoms with Crippen LogP contribution >= 0.6 is 7.60 Å². The summed E-state index contributed by atoms with van der Waals surface area (Å²) in [5, 5.41) is 0. The predicted molar refractivity (Wildman–Crippen MR) is 194 cm³/mol. The summed E-state index contributed by atoms with van der Waals surface area (Å²) in [6.07, 6.45) is 2.43. The van der Waals surface area contributed by atoms with Crippen LogP contribution < -0.4 is 0 Å². The zero-order valence-electron chi connectivity index (χ0n) is 29.9. The molecule has 1 unspecified atom stereocenters. The molecule has 4 aromatic carbocycles. The van der Waals surface area contributed by atoms with Crippen molar-refractivity contribution < 1.29 is 41.1 Å². The normalized spacial score (nSPS) is 13.5. The van der Waals surface area contributed by atoms with Gasteiger partial charge in [-0.2, -0.15) is 8.78 Å². The highest BCUT2D eigenvalue weighted by Crippen LogP contribution is 2.69. The fourth-order valence-electron chi connectivity index (χ4n) is 5.47. The Hall–Kier alpha value is -4.30. The van der Waals surface area contributed by atoms with Gasteiger partial charge in [0, 0.05) is 11.1 Å². The molecule has 51 heavy (non-hydrogen) atoms. The summed E-state index contributed by atoms with van der Waals surface area (Å²) >= 11 is 0. The molecular weight excluding hydrogens is 676 g/mol. The number of carbonyl (C=O) groups is 2. The number of carbonyl (C=O) groups excluding carboxylic acids is 2. The van der Waals surface area contributed by atoms with Gasteiger partial charge in [0.25, 0.3) is 0 Å². The van der Waals surface area contributed by atoms with E-state index in [0.717, 1.165) is 11.1 Å². The lowest BCUT2D eigenvalue weighted by atomic mass is 9.85. The molecule has 0 saturated carbocycles. The molecule has 1 atom stereocenters. The molecule has 270 valence electrons. The maximum Gasteiger partial charge on any atom is 0.405 e. The molecule has 10 heteroatoms. The van der Waals surface area contributed by atoms with E-state index in [1.54, 1.807) is 36.4 Å². The van der Waals surface area contributed by atoms with Gasteiger partial charge in [-0.1, -0.05) is 72.8 Å². The van der Waals surface area contributed by atoms with Crippen LogP contribution in [0, 0.1) is 5.82 Å². The van der Waals surface area contributed by atoms with Crippen LogP contribution in [0.15, 0.2) is 109 Å². The van der Waals surface area contributed by atoms with E-state index in [-0.39, 0.29) is 17.8 Å². The molecule has 4 rings (SSSR count). The molecule has 0 aliphatic rings. The molecule has 0 spiro atoms. The van der Waals surface area contributed by atoms with Crippen LogP contribution in [-0.4, -0.2) is 30.1 Å². The molecule has 0 heterocycles. The molecule has 0 aromatic heterocycles. The van der Waals surface area contributed by atoms with Crippen molar-refractivity contribution in [3.05, 3.63) is 148 Å². The Morgan fingerprint density at radius 2 is 1.31 bits per heavy atom. The fraction of sp³-hybridized carbons (Fsp3) is 0.317. The third-order valence-corrected chi connectivity index (χ3v) is 10.2. The first-order valence-electron chi connectivity index (χ1n) is 16.5. The topological polar surface area (TPSA) is 78.9 Å². The Morgan fingerprint density at radius 3 is 1.86 bits per heavy atom. The highest BCUT2D eigenvalue weighted by atomic mass is 31.2. The Labute approximate surface area is 298 Å². The second-order valence-electron chi connectivity index (χ2n) is 14.2. The molecule has 0 radical (unpaired) electrons. The standard InChI is InChI=1S/C41H44F3O6P/c1-39(2,3)49-51(47,50-40(4,5)6)41(43,44)34-21-16-28(17-22-34)26-31(29-12-9-8-10-13-29)20-25-36(37(45)30-18-23-35(42)24-19-30)32-14-11-15-33(27-32)38(46)48-7/h8-24,27,36H,25-26H2,1-7H3. The number of halogens is 3. The van der Waals surface area contributed by atoms with Crippen molar-refractivity contribution >= 4 is 24.9 Å². The minimum atomic E-state index is -5.00. The van der Waals surface area contributed by atoms with E-state index < -0.39 is 47.7 Å². The summed E-state index contributed by atoms with van der Waals surface area (Å²) in [5.74, 6) is -2.05. The Morgan fingerprint density at radius 1 is 0.745 bits per heavy atom. The van der Waals surface area contributed by atoms with Crippen molar-refractivity contribution in [2.24, 2.45) is 0 Å². The molecular formula is C41H44F3O6P. The van der Waals surface area contributed by atoms with E-state index in [9.17, 15) is 18.5 Å². The molecule has 4 aromatic rings. The molecule has 0 fully saturated rings. The smallest absolute Gasteiger partial charge is 0.405 e. The summed E-state index contributed by atoms with van der Waals surface area (Å²) in [6.45, 7) is 9.23. The number of esters is 1. The van der Waals surface area contributed by atoms with E-state index in [1.165, 1.54) is 85.1 Å². The van der Waals surface area contributed by atoms with Gasteiger partial charge in [0.2, 0.25) is 0 Å². The van der Waals surface area contributed by atoms with Gasteiger partial charge in [0.05, 0.1) is 29.8 Å². The van der Waals surface area contributed by atoms with Gasteiger partial charge in [-0.3, -0.25) is 18.4 Å². The van der Waals surface area contributed by atoms with Gasteiger partial charge < -0.3 is 4.74 Å². The number of benzene rings is 4. The Balaban J connectivity index is 1.72. The summed E-state index contributed by atoms with van der Waals surface area (Å²) in [5.41, 5.74) is -3.30. The zero-order chi connectivity index (χ0) is 37.6. The number of ether oxygens (including phenoxy) is 1. The summed E-state index contributed by atoms with van der Waals surface area (Å²) in [6, 6.07) is 26.9. The minimum Gasteiger partial charge on any atom is -0.465 e. The second-order valence-corrected chi connectivity index (χ2v) is 16.1. The van der Waals surface area contributed by atoms with Crippen LogP contribution in [0.3, 0.4) is 0 Å². The first-order valence-corrected chi connectivity index (χ1v) is 18.1. The molecule has 0 amide bonds. The number of hydrogen-bond donors (Lipinski definition) is 0. The lowest BCUT2D eigenvalue weighted by molar-refractivity contribution is -0.0213. The second kappa shape index (κ2) is 15.9. The van der Waals surface area contributed by atoms with Gasteiger partial charge in [-0.15, -0.1) is 0 Å². The van der Waals surface area contributed by atoms with E-state index in [1.807, 2.05) is 36.4 Å². The average molecular weight is 721 g/mol. The van der Waals surface area contributed by atoms with Crippen LogP contribution in [0.25, 0.3) is 5.57 Å². The number of Topliss-reactive ketones (excluding diaryl/α,β-unsaturated/α-hetero) is 1. The SMILES string of the molecule is COC(=O)c1cccc(C(CC=C(Cc2ccc(C(F)(F)P(=O)(OC(C)(C)C)OC(C)(C)C)cc2)c2ccccc2)C(=O)c2ccc(F)cc2)c1. The number of rotatable bonds is 13. The maximum atomic E-state index is 16.0. The van der Waals surface area contributed by atoms with E-state index >= 15 is 8.78 Å². The number of alkyl halides is 2. The Kier molecular flexibility index (Phi) is 12.3. The third-order valence-electron chi connectivity index (χ3n) is 7.73. The van der Waals surface area contributed by atoms with Crippen molar-refractivity contribution in [1.82, 2.24) is 0 Å². The number of ketones is 1. The zero-order valence-corrected chi connectivity index (χ0v) is 30.8. The van der Waals surface area contributed by atoms with Crippen molar-refractivity contribution in [1.29, 1.82) is 0 Å². The lowest BCUT2D eigenvalue weighted by Crippen LogP contribution is -2.30. The first kappa shape index (κ1) is 39.5. The van der Waals surface area contributed by atoms with Crippen molar-refractivity contribution in [3.63, 3.8) is 0 Å². The van der Waals surface area contributed by atoms with E-state index in [2.05, 4.69) is 0 Å². The average Bonchev–Trinajstić information content (AvgIpc) is 3.06. The summed E-state index contributed by atoms with van der Waals surface area (Å²) in [4.78, 5) is 26.3. The highest BCUT2D eigenvalue weighted by molar-refractivity contribution is 7.54. The van der Waals surface area contributed by atoms with Gasteiger partial charge in [0.15, 0.2) is 5.78 Å². The van der Waals surface area contributed by atoms with Gasteiger partial charge in [-0.05, 0) is 113 Å². The van der Waals surface area contributed by atoms with Crippen LogP contribution in [-0.2, 0) is 30.4 Å². The Bertz CT molecular complexity index is 1870. The monoisotopic (exact) mass is 720 g/mol. The minimum absolute atomic E-state index is 0.207. The lowest BCUT2D eigenvalue weighted by Gasteiger charge is -2.36. The molecule has 0 N–H and O–H groups in total. The van der Waals surface area contributed by atoms with Crippen LogP contribution in [0.5, 0.6) is 0 Å². The predicted octanol–water partition coefficient (Wildman–Crippen LogP) is 11.2. The van der Waals surface area contributed by atoms with Gasteiger partial charge in [0.1, 0.15) is 5.82 Å². The number of methoxy groups -OCH3 is 1. The van der Waals surface area contributed by atoms with Crippen molar-refractivity contribution in [3.8, 4) is 0 Å². The first-order chi connectivity index (χ1) is 23.8. The quantitative estimate of drug-likeness (QED) is 0.0777. The molecule has 6 nitrogen and oxygen atoms in total. The maximum absolute atomic E-state index is 16.0. The van der Waals surface area contributed by atoms with Crippen LogP contribution in [0.1, 0.15) is 96.9 Å². The number of allylic oxidation sites excluding steroid dienone is 2. The third kappa shape index (κ3) is 10.4. The molecule has 0 aliphatic heterocycles. The van der Waals surface area contributed by atoms with Crippen LogP contribution in [0.4, 0.5) is 13.2 Å². The van der Waals surface area contributed by atoms with E-state index in [4.69, 9.17) is 13.8 Å². The summed E-state index contributed by atoms with van der Waals surface area (Å²) < 4.78 is 75.3. The number of hydrogen-bond acceptors (Lipinski definition) is 6. The fourth-order valence-corrected chi connectivity index (χ4v) is 7.64. The van der Waals surface area contributed by atoms with E-state index in [0.29, 0.717) is 23.1 Å².